The van der Waals surface area contributed by atoms with Crippen LogP contribution in [0.4, 0.5) is 5.69 Å². The van der Waals surface area contributed by atoms with Crippen molar-refractivity contribution >= 4 is 17.2 Å². The SMILES string of the molecule is O=C1Nc2ccccc2C1=CCOc1ccccc1. The van der Waals surface area contributed by atoms with Gasteiger partial charge in [-0.3, -0.25) is 4.79 Å². The number of anilines is 1. The van der Waals surface area contributed by atoms with Crippen LogP contribution in [0, 0.1) is 0 Å². The highest BCUT2D eigenvalue weighted by atomic mass is 16.5. The average Bonchev–Trinajstić information content (AvgIpc) is 2.76. The van der Waals surface area contributed by atoms with E-state index < -0.39 is 0 Å². The van der Waals surface area contributed by atoms with Crippen molar-refractivity contribution < 1.29 is 9.53 Å². The summed E-state index contributed by atoms with van der Waals surface area (Å²) in [7, 11) is 0. The molecule has 0 aromatic heterocycles. The van der Waals surface area contributed by atoms with E-state index in [0.29, 0.717) is 12.2 Å². The molecule has 0 radical (unpaired) electrons. The standard InChI is InChI=1S/C16H13NO2/c18-16-14(13-8-4-5-9-15(13)17-16)10-11-19-12-6-2-1-3-7-12/h1-10H,11H2,(H,17,18). The van der Waals surface area contributed by atoms with Crippen LogP contribution in [0.2, 0.25) is 0 Å². The second kappa shape index (κ2) is 4.98. The topological polar surface area (TPSA) is 38.3 Å². The summed E-state index contributed by atoms with van der Waals surface area (Å²) in [6.45, 7) is 0.376. The average molecular weight is 251 g/mol. The number of ether oxygens (including phenoxy) is 1. The number of amides is 1. The van der Waals surface area contributed by atoms with Crippen molar-refractivity contribution in [2.45, 2.75) is 0 Å². The Bertz CT molecular complexity index is 632. The van der Waals surface area contributed by atoms with Crippen LogP contribution in [0.5, 0.6) is 5.75 Å². The summed E-state index contributed by atoms with van der Waals surface area (Å²) in [5.41, 5.74) is 2.47. The van der Waals surface area contributed by atoms with Crippen molar-refractivity contribution in [1.29, 1.82) is 0 Å². The van der Waals surface area contributed by atoms with Gasteiger partial charge in [0.1, 0.15) is 12.4 Å². The smallest absolute Gasteiger partial charge is 0.256 e. The summed E-state index contributed by atoms with van der Waals surface area (Å²) >= 11 is 0. The molecule has 2 aromatic rings. The first-order valence-corrected chi connectivity index (χ1v) is 6.13. The van der Waals surface area contributed by atoms with Gasteiger partial charge in [0, 0.05) is 16.8 Å². The van der Waals surface area contributed by atoms with Crippen LogP contribution in [0.1, 0.15) is 5.56 Å². The van der Waals surface area contributed by atoms with Crippen LogP contribution < -0.4 is 10.1 Å². The van der Waals surface area contributed by atoms with Gasteiger partial charge in [-0.2, -0.15) is 0 Å². The van der Waals surface area contributed by atoms with Crippen molar-refractivity contribution in [1.82, 2.24) is 0 Å². The number of carbonyl (C=O) groups excluding carboxylic acids is 1. The maximum atomic E-state index is 11.8. The van der Waals surface area contributed by atoms with E-state index in [0.717, 1.165) is 17.0 Å². The molecule has 0 atom stereocenters. The van der Waals surface area contributed by atoms with Crippen LogP contribution in [-0.4, -0.2) is 12.5 Å². The van der Waals surface area contributed by atoms with E-state index in [1.165, 1.54) is 0 Å². The van der Waals surface area contributed by atoms with Gasteiger partial charge >= 0.3 is 0 Å². The quantitative estimate of drug-likeness (QED) is 0.851. The molecule has 1 N–H and O–H groups in total. The molecule has 94 valence electrons. The Balaban J connectivity index is 1.76. The van der Waals surface area contributed by atoms with Gasteiger partial charge in [-0.05, 0) is 24.3 Å². The van der Waals surface area contributed by atoms with E-state index in [-0.39, 0.29) is 5.91 Å². The number of para-hydroxylation sites is 2. The summed E-state index contributed by atoms with van der Waals surface area (Å²) in [4.78, 5) is 11.8. The third-order valence-corrected chi connectivity index (χ3v) is 2.99. The lowest BCUT2D eigenvalue weighted by Crippen LogP contribution is -2.05. The van der Waals surface area contributed by atoms with E-state index >= 15 is 0 Å². The largest absolute Gasteiger partial charge is 0.490 e. The molecule has 0 saturated heterocycles. The molecule has 0 aliphatic carbocycles. The zero-order chi connectivity index (χ0) is 13.1. The lowest BCUT2D eigenvalue weighted by atomic mass is 10.1. The number of benzene rings is 2. The molecule has 1 aliphatic heterocycles. The van der Waals surface area contributed by atoms with E-state index in [1.807, 2.05) is 60.7 Å². The molecule has 1 heterocycles. The van der Waals surface area contributed by atoms with E-state index in [9.17, 15) is 4.79 Å². The first kappa shape index (κ1) is 11.5. The van der Waals surface area contributed by atoms with Gasteiger partial charge in [-0.25, -0.2) is 0 Å². The molecule has 1 aliphatic rings. The monoisotopic (exact) mass is 251 g/mol. The maximum absolute atomic E-state index is 11.8. The van der Waals surface area contributed by atoms with Gasteiger partial charge in [0.15, 0.2) is 0 Å². The van der Waals surface area contributed by atoms with Crippen molar-refractivity contribution in [3.8, 4) is 5.75 Å². The van der Waals surface area contributed by atoms with Crippen LogP contribution in [0.25, 0.3) is 5.57 Å². The van der Waals surface area contributed by atoms with Crippen LogP contribution >= 0.6 is 0 Å². The molecular formula is C16H13NO2. The Kier molecular flexibility index (Phi) is 3.02. The van der Waals surface area contributed by atoms with E-state index in [4.69, 9.17) is 4.74 Å². The molecule has 3 nitrogen and oxygen atoms in total. The molecule has 2 aromatic carbocycles. The normalized spacial score (nSPS) is 15.2. The summed E-state index contributed by atoms with van der Waals surface area (Å²) < 4.78 is 5.57. The molecule has 3 rings (SSSR count). The zero-order valence-electron chi connectivity index (χ0n) is 10.3. The van der Waals surface area contributed by atoms with Gasteiger partial charge in [-0.1, -0.05) is 36.4 Å². The summed E-state index contributed by atoms with van der Waals surface area (Å²) in [6.07, 6.45) is 1.81. The van der Waals surface area contributed by atoms with E-state index in [1.54, 1.807) is 0 Å². The van der Waals surface area contributed by atoms with Gasteiger partial charge < -0.3 is 10.1 Å². The lowest BCUT2D eigenvalue weighted by molar-refractivity contribution is -0.110. The molecule has 0 saturated carbocycles. The van der Waals surface area contributed by atoms with Crippen molar-refractivity contribution in [3.05, 3.63) is 66.2 Å². The van der Waals surface area contributed by atoms with Gasteiger partial charge in [0.05, 0.1) is 0 Å². The third-order valence-electron chi connectivity index (χ3n) is 2.99. The molecule has 0 unspecified atom stereocenters. The van der Waals surface area contributed by atoms with Crippen molar-refractivity contribution in [2.24, 2.45) is 0 Å². The fraction of sp³-hybridized carbons (Fsp3) is 0.0625. The zero-order valence-corrected chi connectivity index (χ0v) is 10.3. The van der Waals surface area contributed by atoms with E-state index in [2.05, 4.69) is 5.32 Å². The molecular weight excluding hydrogens is 238 g/mol. The highest BCUT2D eigenvalue weighted by Crippen LogP contribution is 2.30. The number of hydrogen-bond acceptors (Lipinski definition) is 2. The number of nitrogens with one attached hydrogen (secondary N) is 1. The van der Waals surface area contributed by atoms with Crippen LogP contribution in [0.15, 0.2) is 60.7 Å². The third kappa shape index (κ3) is 2.36. The highest BCUT2D eigenvalue weighted by molar-refractivity contribution is 6.31. The fourth-order valence-electron chi connectivity index (χ4n) is 2.08. The predicted octanol–water partition coefficient (Wildman–Crippen LogP) is 3.10. The summed E-state index contributed by atoms with van der Waals surface area (Å²) in [5.74, 6) is 0.726. The van der Waals surface area contributed by atoms with Crippen molar-refractivity contribution in [3.63, 3.8) is 0 Å². The Morgan fingerprint density at radius 3 is 2.58 bits per heavy atom. The molecule has 0 fully saturated rings. The van der Waals surface area contributed by atoms with Gasteiger partial charge in [0.2, 0.25) is 0 Å². The Morgan fingerprint density at radius 2 is 1.74 bits per heavy atom. The number of carbonyl (C=O) groups is 1. The fourth-order valence-corrected chi connectivity index (χ4v) is 2.08. The minimum Gasteiger partial charge on any atom is -0.490 e. The van der Waals surface area contributed by atoms with Gasteiger partial charge in [0.25, 0.3) is 5.91 Å². The highest BCUT2D eigenvalue weighted by Gasteiger charge is 2.22. The molecule has 19 heavy (non-hydrogen) atoms. The van der Waals surface area contributed by atoms with Gasteiger partial charge in [-0.15, -0.1) is 0 Å². The number of fused-ring (bicyclic) bond motifs is 1. The van der Waals surface area contributed by atoms with Crippen molar-refractivity contribution in [2.75, 3.05) is 11.9 Å². The molecule has 0 spiro atoms. The Hall–Kier alpha value is -2.55. The first-order chi connectivity index (χ1) is 9.34. The second-order valence-electron chi connectivity index (χ2n) is 4.24. The summed E-state index contributed by atoms with van der Waals surface area (Å²) in [5, 5.41) is 2.83. The maximum Gasteiger partial charge on any atom is 0.256 e. The van der Waals surface area contributed by atoms with Crippen LogP contribution in [-0.2, 0) is 4.79 Å². The number of rotatable bonds is 3. The molecule has 1 amide bonds. The first-order valence-electron chi connectivity index (χ1n) is 6.13. The second-order valence-corrected chi connectivity index (χ2v) is 4.24. The predicted molar refractivity (Wildman–Crippen MR) is 75.0 cm³/mol. The Morgan fingerprint density at radius 1 is 1.00 bits per heavy atom. The molecule has 3 heteroatoms. The lowest BCUT2D eigenvalue weighted by Gasteiger charge is -2.03. The Labute approximate surface area is 111 Å². The summed E-state index contributed by atoms with van der Waals surface area (Å²) in [6, 6.07) is 17.2. The molecule has 0 bridgehead atoms. The number of hydrogen-bond donors (Lipinski definition) is 1. The minimum atomic E-state index is -0.0714. The minimum absolute atomic E-state index is 0.0714. The van der Waals surface area contributed by atoms with Crippen LogP contribution in [0.3, 0.4) is 0 Å².